The Kier molecular flexibility index (Phi) is 6.52. The van der Waals surface area contributed by atoms with Crippen molar-refractivity contribution in [2.24, 2.45) is 0 Å². The number of nitrogens with zero attached hydrogens (tertiary/aromatic N) is 1. The van der Waals surface area contributed by atoms with Crippen LogP contribution in [0.3, 0.4) is 0 Å². The zero-order chi connectivity index (χ0) is 22.7. The molecule has 0 aliphatic rings. The number of aliphatic hydroxyl groups excluding tert-OH is 1. The number of nitrogens with two attached hydrogens (primary N) is 1. The van der Waals surface area contributed by atoms with E-state index < -0.39 is 50.5 Å². The van der Waals surface area contributed by atoms with Crippen LogP contribution in [0.4, 0.5) is 18.9 Å². The van der Waals surface area contributed by atoms with Crippen molar-refractivity contribution in [3.8, 4) is 5.75 Å². The summed E-state index contributed by atoms with van der Waals surface area (Å²) in [6.45, 7) is 1.16. The molecule has 1 atom stereocenters. The molecule has 0 aliphatic carbocycles. The average molecular weight is 448 g/mol. The SMILES string of the molecule is C[C@H](O)C(=O)NNC(=O)c1ncc(S(=O)(=O)c2ccc(OC(F)(F)F)cc2)cc1N. The first-order chi connectivity index (χ1) is 13.8. The molecule has 0 aliphatic heterocycles. The van der Waals surface area contributed by atoms with E-state index in [1.807, 2.05) is 10.9 Å². The van der Waals surface area contributed by atoms with Crippen LogP contribution in [0.5, 0.6) is 5.75 Å². The van der Waals surface area contributed by atoms with Gasteiger partial charge in [0.15, 0.2) is 5.69 Å². The summed E-state index contributed by atoms with van der Waals surface area (Å²) in [4.78, 5) is 26.1. The Morgan fingerprint density at radius 1 is 1.17 bits per heavy atom. The summed E-state index contributed by atoms with van der Waals surface area (Å²) in [5.41, 5.74) is 8.75. The molecule has 30 heavy (non-hydrogen) atoms. The summed E-state index contributed by atoms with van der Waals surface area (Å²) in [5, 5.41) is 9.03. The number of rotatable bonds is 5. The predicted octanol–water partition coefficient (Wildman–Crippen LogP) is 0.537. The predicted molar refractivity (Wildman–Crippen MR) is 94.5 cm³/mol. The molecule has 1 aromatic heterocycles. The van der Waals surface area contributed by atoms with Crippen LogP contribution in [-0.4, -0.2) is 42.8 Å². The van der Waals surface area contributed by atoms with Crippen LogP contribution in [0.1, 0.15) is 17.4 Å². The van der Waals surface area contributed by atoms with Gasteiger partial charge < -0.3 is 15.6 Å². The maximum absolute atomic E-state index is 12.6. The molecule has 2 amide bonds. The van der Waals surface area contributed by atoms with Crippen LogP contribution < -0.4 is 21.3 Å². The number of amides is 2. The number of hydrazine groups is 1. The molecular formula is C16H15F3N4O6S. The number of nitrogen functional groups attached to an aromatic ring is 1. The topological polar surface area (TPSA) is 161 Å². The second kappa shape index (κ2) is 8.54. The largest absolute Gasteiger partial charge is 0.573 e. The summed E-state index contributed by atoms with van der Waals surface area (Å²) in [6, 6.07) is 4.37. The number of aromatic nitrogens is 1. The van der Waals surface area contributed by atoms with Crippen molar-refractivity contribution in [3.63, 3.8) is 0 Å². The lowest BCUT2D eigenvalue weighted by Gasteiger charge is -2.11. The third-order valence-electron chi connectivity index (χ3n) is 3.46. The van der Waals surface area contributed by atoms with Gasteiger partial charge in [0.1, 0.15) is 11.9 Å². The molecule has 0 unspecified atom stereocenters. The summed E-state index contributed by atoms with van der Waals surface area (Å²) in [6.07, 6.45) is -5.50. The molecule has 0 fully saturated rings. The van der Waals surface area contributed by atoms with Crippen molar-refractivity contribution < 1.29 is 41.0 Å². The Morgan fingerprint density at radius 3 is 2.27 bits per heavy atom. The van der Waals surface area contributed by atoms with Crippen molar-refractivity contribution in [3.05, 3.63) is 42.2 Å². The monoisotopic (exact) mass is 448 g/mol. The first-order valence-electron chi connectivity index (χ1n) is 7.96. The number of carbonyl (C=O) groups excluding carboxylic acids is 2. The molecule has 162 valence electrons. The van der Waals surface area contributed by atoms with Gasteiger partial charge in [0.05, 0.1) is 15.5 Å². The zero-order valence-corrected chi connectivity index (χ0v) is 15.9. The van der Waals surface area contributed by atoms with E-state index in [1.165, 1.54) is 0 Å². The number of pyridine rings is 1. The van der Waals surface area contributed by atoms with Crippen LogP contribution in [0.25, 0.3) is 0 Å². The highest BCUT2D eigenvalue weighted by molar-refractivity contribution is 7.91. The highest BCUT2D eigenvalue weighted by atomic mass is 32.2. The van der Waals surface area contributed by atoms with Crippen molar-refractivity contribution in [2.45, 2.75) is 29.2 Å². The average Bonchev–Trinajstić information content (AvgIpc) is 2.64. The van der Waals surface area contributed by atoms with Gasteiger partial charge in [-0.1, -0.05) is 0 Å². The van der Waals surface area contributed by atoms with Gasteiger partial charge in [0.25, 0.3) is 11.8 Å². The van der Waals surface area contributed by atoms with E-state index in [1.54, 1.807) is 0 Å². The number of ether oxygens (including phenoxy) is 1. The smallest absolute Gasteiger partial charge is 0.406 e. The minimum absolute atomic E-state index is 0.350. The third-order valence-corrected chi connectivity index (χ3v) is 5.20. The molecule has 0 spiro atoms. The number of aliphatic hydroxyl groups is 1. The maximum Gasteiger partial charge on any atom is 0.573 e. The highest BCUT2D eigenvalue weighted by Crippen LogP contribution is 2.27. The lowest BCUT2D eigenvalue weighted by molar-refractivity contribution is -0.274. The van der Waals surface area contributed by atoms with Crippen molar-refractivity contribution >= 4 is 27.3 Å². The fraction of sp³-hybridized carbons (Fsp3) is 0.188. The van der Waals surface area contributed by atoms with E-state index in [9.17, 15) is 31.2 Å². The van der Waals surface area contributed by atoms with Gasteiger partial charge in [0.2, 0.25) is 9.84 Å². The van der Waals surface area contributed by atoms with Crippen LogP contribution in [0.15, 0.2) is 46.3 Å². The zero-order valence-electron chi connectivity index (χ0n) is 15.1. The standard InChI is InChI=1S/C16H15F3N4O6S/c1-8(24)14(25)22-23-15(26)13-12(20)6-11(7-21-13)30(27,28)10-4-2-9(3-5-10)29-16(17,18)19/h2-8,24H,20H2,1H3,(H,22,25)(H,23,26)/t8-/m0/s1. The Labute approximate surface area is 167 Å². The van der Waals surface area contributed by atoms with E-state index >= 15 is 0 Å². The number of carbonyl (C=O) groups is 2. The summed E-state index contributed by atoms with van der Waals surface area (Å²) in [7, 11) is -4.22. The number of halogens is 3. The number of hydrogen-bond acceptors (Lipinski definition) is 8. The van der Waals surface area contributed by atoms with E-state index in [-0.39, 0.29) is 10.6 Å². The van der Waals surface area contributed by atoms with Gasteiger partial charge in [-0.15, -0.1) is 13.2 Å². The quantitative estimate of drug-likeness (QED) is 0.482. The van der Waals surface area contributed by atoms with Crippen molar-refractivity contribution in [1.82, 2.24) is 15.8 Å². The van der Waals surface area contributed by atoms with Gasteiger partial charge in [-0.05, 0) is 37.3 Å². The highest BCUT2D eigenvalue weighted by Gasteiger charge is 2.31. The van der Waals surface area contributed by atoms with Gasteiger partial charge >= 0.3 is 6.36 Å². The Morgan fingerprint density at radius 2 is 1.77 bits per heavy atom. The fourth-order valence-electron chi connectivity index (χ4n) is 2.04. The second-order valence-electron chi connectivity index (χ2n) is 5.75. The van der Waals surface area contributed by atoms with Gasteiger partial charge in [0, 0.05) is 6.20 Å². The van der Waals surface area contributed by atoms with Gasteiger partial charge in [-0.3, -0.25) is 20.4 Å². The van der Waals surface area contributed by atoms with Crippen LogP contribution in [0, 0.1) is 0 Å². The number of hydrogen-bond donors (Lipinski definition) is 4. The maximum atomic E-state index is 12.6. The summed E-state index contributed by atoms with van der Waals surface area (Å²) in [5.74, 6) is -2.48. The number of nitrogens with one attached hydrogen (secondary N) is 2. The molecule has 1 aromatic carbocycles. The van der Waals surface area contributed by atoms with E-state index in [0.29, 0.717) is 0 Å². The minimum atomic E-state index is -4.93. The molecule has 14 heteroatoms. The Balaban J connectivity index is 2.22. The van der Waals surface area contributed by atoms with E-state index in [4.69, 9.17) is 10.8 Å². The second-order valence-corrected chi connectivity index (χ2v) is 7.70. The van der Waals surface area contributed by atoms with Crippen molar-refractivity contribution in [1.29, 1.82) is 0 Å². The lowest BCUT2D eigenvalue weighted by atomic mass is 10.3. The fourth-order valence-corrected chi connectivity index (χ4v) is 3.28. The first kappa shape index (κ1) is 22.9. The molecular weight excluding hydrogens is 433 g/mol. The normalized spacial score (nSPS) is 12.7. The van der Waals surface area contributed by atoms with Gasteiger partial charge in [-0.2, -0.15) is 0 Å². The summed E-state index contributed by atoms with van der Waals surface area (Å²) < 4.78 is 65.5. The van der Waals surface area contributed by atoms with E-state index in [2.05, 4.69) is 9.72 Å². The molecule has 1 heterocycles. The van der Waals surface area contributed by atoms with Gasteiger partial charge in [-0.25, -0.2) is 13.4 Å². The first-order valence-corrected chi connectivity index (χ1v) is 9.44. The molecule has 0 saturated heterocycles. The lowest BCUT2D eigenvalue weighted by Crippen LogP contribution is -2.46. The van der Waals surface area contributed by atoms with Crippen LogP contribution in [-0.2, 0) is 14.6 Å². The number of sulfone groups is 1. The number of benzene rings is 1. The minimum Gasteiger partial charge on any atom is -0.406 e. The molecule has 2 rings (SSSR count). The molecule has 0 bridgehead atoms. The van der Waals surface area contributed by atoms with Crippen LogP contribution in [0.2, 0.25) is 0 Å². The van der Waals surface area contributed by atoms with Crippen molar-refractivity contribution in [2.75, 3.05) is 5.73 Å². The molecule has 0 saturated carbocycles. The molecule has 0 radical (unpaired) electrons. The molecule has 5 N–H and O–H groups in total. The molecule has 10 nitrogen and oxygen atoms in total. The van der Waals surface area contributed by atoms with E-state index in [0.717, 1.165) is 43.5 Å². The number of alkyl halides is 3. The number of anilines is 1. The third kappa shape index (κ3) is 5.57. The summed E-state index contributed by atoms with van der Waals surface area (Å²) >= 11 is 0. The van der Waals surface area contributed by atoms with Crippen LogP contribution >= 0.6 is 0 Å². The molecule has 2 aromatic rings. The Hall–Kier alpha value is -3.39. The Bertz CT molecular complexity index is 1060.